The third-order valence-corrected chi connectivity index (χ3v) is 6.35. The highest BCUT2D eigenvalue weighted by Crippen LogP contribution is 2.25. The fourth-order valence-corrected chi connectivity index (χ4v) is 4.28. The summed E-state index contributed by atoms with van der Waals surface area (Å²) in [6.07, 6.45) is 20.9. The van der Waals surface area contributed by atoms with Gasteiger partial charge in [0, 0.05) is 18.0 Å². The maximum atomic E-state index is 12.1. The number of carbonyl (C=O) groups is 1. The van der Waals surface area contributed by atoms with Gasteiger partial charge >= 0.3 is 5.97 Å². The van der Waals surface area contributed by atoms with Gasteiger partial charge in [0.15, 0.2) is 5.06 Å². The van der Waals surface area contributed by atoms with E-state index in [1.165, 1.54) is 88.4 Å². The summed E-state index contributed by atoms with van der Waals surface area (Å²) in [6.45, 7) is 3.22. The molecule has 0 amide bonds. The summed E-state index contributed by atoms with van der Waals surface area (Å²) in [5.41, 5.74) is 0.881. The van der Waals surface area contributed by atoms with E-state index in [9.17, 15) is 4.79 Å². The number of nitrogens with zero attached hydrogens (tertiary/aromatic N) is 1. The lowest BCUT2D eigenvalue weighted by molar-refractivity contribution is 0.0478. The van der Waals surface area contributed by atoms with E-state index in [4.69, 9.17) is 9.47 Å². The fourth-order valence-electron chi connectivity index (χ4n) is 3.50. The van der Waals surface area contributed by atoms with Crippen LogP contribution >= 0.6 is 11.3 Å². The molecule has 0 N–H and O–H groups in total. The Morgan fingerprint density at radius 2 is 1.52 bits per heavy atom. The van der Waals surface area contributed by atoms with Gasteiger partial charge < -0.3 is 9.47 Å². The molecule has 0 aromatic carbocycles. The molecule has 0 radical (unpaired) electrons. The summed E-state index contributed by atoms with van der Waals surface area (Å²) in [7, 11) is 0. The first-order chi connectivity index (χ1) is 15.3. The SMILES string of the molecule is CCCCCCCCCCCCCCCOc1ccc(C(=O)OCc2cccnc2)s1. The summed E-state index contributed by atoms with van der Waals surface area (Å²) in [5, 5.41) is 0.785. The maximum Gasteiger partial charge on any atom is 0.348 e. The monoisotopic (exact) mass is 445 g/mol. The van der Waals surface area contributed by atoms with Crippen molar-refractivity contribution >= 4 is 17.3 Å². The molecule has 0 spiro atoms. The Bertz CT molecular complexity index is 702. The van der Waals surface area contributed by atoms with Crippen molar-refractivity contribution in [3.8, 4) is 5.06 Å². The van der Waals surface area contributed by atoms with Crippen molar-refractivity contribution in [2.45, 2.75) is 97.0 Å². The van der Waals surface area contributed by atoms with Crippen molar-refractivity contribution in [3.63, 3.8) is 0 Å². The second kappa shape index (κ2) is 16.8. The largest absolute Gasteiger partial charge is 0.484 e. The van der Waals surface area contributed by atoms with Gasteiger partial charge in [-0.2, -0.15) is 0 Å². The van der Waals surface area contributed by atoms with Gasteiger partial charge in [-0.05, 0) is 24.6 Å². The molecule has 0 saturated carbocycles. The van der Waals surface area contributed by atoms with Gasteiger partial charge in [-0.3, -0.25) is 4.98 Å². The molecule has 2 aromatic heterocycles. The predicted octanol–water partition coefficient (Wildman–Crippen LogP) is 7.97. The van der Waals surface area contributed by atoms with Crippen LogP contribution in [-0.4, -0.2) is 17.6 Å². The van der Waals surface area contributed by atoms with Crippen LogP contribution in [0.15, 0.2) is 36.7 Å². The zero-order valence-corrected chi connectivity index (χ0v) is 20.0. The Labute approximate surface area is 192 Å². The quantitative estimate of drug-likeness (QED) is 0.172. The highest BCUT2D eigenvalue weighted by atomic mass is 32.1. The summed E-state index contributed by atoms with van der Waals surface area (Å²) >= 11 is 1.35. The van der Waals surface area contributed by atoms with Gasteiger partial charge in [0.05, 0.1) is 6.61 Å². The molecular weight excluding hydrogens is 406 g/mol. The molecule has 0 fully saturated rings. The van der Waals surface area contributed by atoms with Crippen molar-refractivity contribution in [3.05, 3.63) is 47.1 Å². The number of esters is 1. The van der Waals surface area contributed by atoms with Crippen LogP contribution in [0.4, 0.5) is 0 Å². The molecule has 0 bridgehead atoms. The molecule has 0 aliphatic heterocycles. The molecule has 0 aliphatic carbocycles. The van der Waals surface area contributed by atoms with E-state index < -0.39 is 0 Å². The minimum absolute atomic E-state index is 0.236. The predicted molar refractivity (Wildman–Crippen MR) is 129 cm³/mol. The number of carbonyl (C=O) groups excluding carboxylic acids is 1. The topological polar surface area (TPSA) is 48.4 Å². The number of pyridine rings is 1. The second-order valence-electron chi connectivity index (χ2n) is 8.15. The van der Waals surface area contributed by atoms with E-state index in [1.807, 2.05) is 18.2 Å². The van der Waals surface area contributed by atoms with Crippen molar-refractivity contribution in [2.24, 2.45) is 0 Å². The number of hydrogen-bond donors (Lipinski definition) is 0. The molecule has 2 aromatic rings. The van der Waals surface area contributed by atoms with Crippen LogP contribution in [0.1, 0.15) is 106 Å². The lowest BCUT2D eigenvalue weighted by atomic mass is 10.0. The van der Waals surface area contributed by atoms with Crippen LogP contribution < -0.4 is 4.74 Å². The van der Waals surface area contributed by atoms with Gasteiger partial charge in [0.1, 0.15) is 11.5 Å². The zero-order valence-electron chi connectivity index (χ0n) is 19.2. The molecule has 0 aliphatic rings. The van der Waals surface area contributed by atoms with E-state index in [0.717, 1.165) is 17.0 Å². The number of aromatic nitrogens is 1. The first-order valence-electron chi connectivity index (χ1n) is 12.1. The summed E-state index contributed by atoms with van der Waals surface area (Å²) in [4.78, 5) is 16.7. The second-order valence-corrected chi connectivity index (χ2v) is 9.19. The van der Waals surface area contributed by atoms with E-state index in [0.29, 0.717) is 11.5 Å². The first kappa shape index (κ1) is 25.4. The first-order valence-corrected chi connectivity index (χ1v) is 12.9. The van der Waals surface area contributed by atoms with Crippen LogP contribution in [0.2, 0.25) is 0 Å². The normalized spacial score (nSPS) is 10.9. The molecule has 5 heteroatoms. The molecule has 31 heavy (non-hydrogen) atoms. The zero-order chi connectivity index (χ0) is 22.0. The van der Waals surface area contributed by atoms with Crippen LogP contribution in [-0.2, 0) is 11.3 Å². The van der Waals surface area contributed by atoms with Gasteiger partial charge in [0.2, 0.25) is 0 Å². The highest BCUT2D eigenvalue weighted by Gasteiger charge is 2.11. The Kier molecular flexibility index (Phi) is 13.7. The van der Waals surface area contributed by atoms with E-state index in [2.05, 4.69) is 11.9 Å². The van der Waals surface area contributed by atoms with E-state index in [1.54, 1.807) is 18.5 Å². The van der Waals surface area contributed by atoms with Crippen LogP contribution in [0.25, 0.3) is 0 Å². The number of ether oxygens (including phenoxy) is 2. The third-order valence-electron chi connectivity index (χ3n) is 5.37. The van der Waals surface area contributed by atoms with E-state index in [-0.39, 0.29) is 12.6 Å². The Morgan fingerprint density at radius 1 is 0.871 bits per heavy atom. The molecule has 2 rings (SSSR count). The standard InChI is InChI=1S/C26H39NO3S/c1-2-3-4-5-6-7-8-9-10-11-12-13-14-20-29-25-18-17-24(31-25)26(28)30-22-23-16-15-19-27-21-23/h15-19,21H,2-14,20,22H2,1H3. The van der Waals surface area contributed by atoms with E-state index >= 15 is 0 Å². The average molecular weight is 446 g/mol. The third kappa shape index (κ3) is 11.9. The lowest BCUT2D eigenvalue weighted by Gasteiger charge is -2.04. The van der Waals surface area contributed by atoms with Crippen LogP contribution in [0.5, 0.6) is 5.06 Å². The Balaban J connectivity index is 1.43. The van der Waals surface area contributed by atoms with Crippen LogP contribution in [0.3, 0.4) is 0 Å². The molecule has 0 unspecified atom stereocenters. The van der Waals surface area contributed by atoms with Gasteiger partial charge in [-0.25, -0.2) is 4.79 Å². The molecular formula is C26H39NO3S. The summed E-state index contributed by atoms with van der Waals surface area (Å²) in [6, 6.07) is 7.35. The highest BCUT2D eigenvalue weighted by molar-refractivity contribution is 7.15. The molecule has 2 heterocycles. The van der Waals surface area contributed by atoms with Crippen molar-refractivity contribution in [1.82, 2.24) is 4.98 Å². The van der Waals surface area contributed by atoms with Crippen LogP contribution in [0, 0.1) is 0 Å². The summed E-state index contributed by atoms with van der Waals surface area (Å²) < 4.78 is 11.1. The minimum Gasteiger partial charge on any atom is -0.484 e. The Hall–Kier alpha value is -1.88. The smallest absolute Gasteiger partial charge is 0.348 e. The molecule has 0 saturated heterocycles. The Morgan fingerprint density at radius 3 is 2.13 bits per heavy atom. The van der Waals surface area contributed by atoms with Crippen molar-refractivity contribution < 1.29 is 14.3 Å². The molecule has 4 nitrogen and oxygen atoms in total. The molecule has 0 atom stereocenters. The van der Waals surface area contributed by atoms with Gasteiger partial charge in [-0.1, -0.05) is 101 Å². The molecule has 172 valence electrons. The average Bonchev–Trinajstić information content (AvgIpc) is 3.27. The van der Waals surface area contributed by atoms with Crippen molar-refractivity contribution in [2.75, 3.05) is 6.61 Å². The number of unbranched alkanes of at least 4 members (excludes halogenated alkanes) is 12. The fraction of sp³-hybridized carbons (Fsp3) is 0.615. The van der Waals surface area contributed by atoms with Gasteiger partial charge in [0.25, 0.3) is 0 Å². The number of thiophene rings is 1. The number of rotatable bonds is 18. The van der Waals surface area contributed by atoms with Gasteiger partial charge in [-0.15, -0.1) is 0 Å². The number of hydrogen-bond acceptors (Lipinski definition) is 5. The maximum absolute atomic E-state index is 12.1. The lowest BCUT2D eigenvalue weighted by Crippen LogP contribution is -2.03. The van der Waals surface area contributed by atoms with Crippen molar-refractivity contribution in [1.29, 1.82) is 0 Å². The minimum atomic E-state index is -0.315. The summed E-state index contributed by atoms with van der Waals surface area (Å²) in [5.74, 6) is -0.315.